The van der Waals surface area contributed by atoms with E-state index in [9.17, 15) is 0 Å². The second-order valence-corrected chi connectivity index (χ2v) is 13.5. The molecule has 2 heterocycles. The Labute approximate surface area is 293 Å². The van der Waals surface area contributed by atoms with Gasteiger partial charge in [-0.25, -0.2) is 0 Å². The van der Waals surface area contributed by atoms with Crippen molar-refractivity contribution in [2.45, 2.75) is 11.5 Å². The number of allylic oxidation sites excluding steroid dienone is 2. The zero-order valence-corrected chi connectivity index (χ0v) is 27.6. The molecule has 236 valence electrons. The molecule has 1 aliphatic carbocycles. The summed E-state index contributed by atoms with van der Waals surface area (Å²) in [6, 6.07) is 65.0. The van der Waals surface area contributed by atoms with E-state index in [-0.39, 0.29) is 6.04 Å². The van der Waals surface area contributed by atoms with E-state index >= 15 is 0 Å². The summed E-state index contributed by atoms with van der Waals surface area (Å²) in [5.74, 6) is 0. The van der Waals surface area contributed by atoms with E-state index in [1.54, 1.807) is 0 Å². The standard InChI is InChI=1S/C48H34N2/c1-3-14-33(15-4-1)37-27-29-45(49-32-37)36-17-13-16-34(30-36)35-26-28-40-39-20-7-8-21-41(39)48(44(40)31-35)42-22-9-11-24-46(42)50(38-18-5-2-6-19-38)47-25-12-10-23-43(47)48/h1-32,45,49H/p+1. The third kappa shape index (κ3) is 4.26. The Morgan fingerprint density at radius 3 is 1.78 bits per heavy atom. The van der Waals surface area contributed by atoms with E-state index in [1.165, 1.54) is 78.3 Å². The fourth-order valence-electron chi connectivity index (χ4n) is 8.65. The molecule has 1 spiro atoms. The fourth-order valence-corrected chi connectivity index (χ4v) is 8.65. The van der Waals surface area contributed by atoms with Crippen molar-refractivity contribution in [1.82, 2.24) is 0 Å². The molecule has 1 atom stereocenters. The molecule has 0 saturated carbocycles. The normalized spacial score (nSPS) is 16.3. The van der Waals surface area contributed by atoms with Crippen LogP contribution in [-0.4, -0.2) is 0 Å². The minimum absolute atomic E-state index is 0.230. The number of nitrogens with two attached hydrogens (primary N) is 1. The van der Waals surface area contributed by atoms with Crippen molar-refractivity contribution < 1.29 is 5.32 Å². The molecule has 2 aliphatic heterocycles. The molecule has 3 aliphatic rings. The smallest absolute Gasteiger partial charge is 0.135 e. The topological polar surface area (TPSA) is 19.9 Å². The quantitative estimate of drug-likeness (QED) is 0.203. The lowest BCUT2D eigenvalue weighted by Crippen LogP contribution is -2.79. The van der Waals surface area contributed by atoms with Crippen molar-refractivity contribution >= 4 is 22.6 Å². The second-order valence-electron chi connectivity index (χ2n) is 13.5. The highest BCUT2D eigenvalue weighted by Gasteiger charge is 2.51. The van der Waals surface area contributed by atoms with Gasteiger partial charge in [0.05, 0.1) is 16.8 Å². The number of rotatable bonds is 4. The number of fused-ring (bicyclic) bond motifs is 9. The van der Waals surface area contributed by atoms with Gasteiger partial charge >= 0.3 is 0 Å². The van der Waals surface area contributed by atoms with Crippen LogP contribution >= 0.6 is 0 Å². The van der Waals surface area contributed by atoms with Crippen molar-refractivity contribution in [1.29, 1.82) is 0 Å². The van der Waals surface area contributed by atoms with E-state index < -0.39 is 5.41 Å². The van der Waals surface area contributed by atoms with Gasteiger partial charge in [-0.1, -0.05) is 140 Å². The Morgan fingerprint density at radius 1 is 0.460 bits per heavy atom. The lowest BCUT2D eigenvalue weighted by molar-refractivity contribution is -0.621. The molecule has 2 heteroatoms. The SMILES string of the molecule is C1=CC(c2cccc(-c3ccc4c(c3)C3(c5ccccc5-4)c4ccccc4N(c4ccccc4)c4ccccc43)c2)[NH2+]C=C1c1ccccc1. The summed E-state index contributed by atoms with van der Waals surface area (Å²) in [6.45, 7) is 0. The van der Waals surface area contributed by atoms with Gasteiger partial charge < -0.3 is 10.2 Å². The first-order valence-electron chi connectivity index (χ1n) is 17.5. The van der Waals surface area contributed by atoms with Gasteiger partial charge in [0.1, 0.15) is 12.2 Å². The van der Waals surface area contributed by atoms with Crippen molar-refractivity contribution in [3.05, 3.63) is 228 Å². The lowest BCUT2D eigenvalue weighted by Gasteiger charge is -2.45. The molecule has 7 aromatic rings. The molecule has 2 nitrogen and oxygen atoms in total. The summed E-state index contributed by atoms with van der Waals surface area (Å²) in [4.78, 5) is 2.44. The molecule has 1 unspecified atom stereocenters. The first kappa shape index (κ1) is 28.8. The third-order valence-electron chi connectivity index (χ3n) is 10.8. The molecule has 0 bridgehead atoms. The summed E-state index contributed by atoms with van der Waals surface area (Å²) in [5, 5.41) is 2.32. The molecule has 0 fully saturated rings. The molecular weight excluding hydrogens is 605 g/mol. The lowest BCUT2D eigenvalue weighted by atomic mass is 9.64. The van der Waals surface area contributed by atoms with E-state index in [0.29, 0.717) is 0 Å². The van der Waals surface area contributed by atoms with Gasteiger partial charge in [-0.3, -0.25) is 0 Å². The van der Waals surface area contributed by atoms with Crippen LogP contribution in [0.4, 0.5) is 17.1 Å². The predicted molar refractivity (Wildman–Crippen MR) is 206 cm³/mol. The van der Waals surface area contributed by atoms with Crippen LogP contribution in [0.25, 0.3) is 27.8 Å². The maximum absolute atomic E-state index is 2.48. The molecule has 2 N–H and O–H groups in total. The minimum atomic E-state index is -0.462. The Kier molecular flexibility index (Phi) is 6.58. The Morgan fingerprint density at radius 2 is 1.06 bits per heavy atom. The largest absolute Gasteiger partial charge is 0.310 e. The monoisotopic (exact) mass is 639 g/mol. The van der Waals surface area contributed by atoms with E-state index in [4.69, 9.17) is 0 Å². The molecule has 7 aromatic carbocycles. The number of quaternary nitrogens is 1. The highest BCUT2D eigenvalue weighted by molar-refractivity contribution is 5.96. The maximum atomic E-state index is 2.48. The van der Waals surface area contributed by atoms with Crippen LogP contribution in [0.2, 0.25) is 0 Å². The maximum Gasteiger partial charge on any atom is 0.135 e. The van der Waals surface area contributed by atoms with Gasteiger partial charge in [0.15, 0.2) is 0 Å². The van der Waals surface area contributed by atoms with Gasteiger partial charge in [0.25, 0.3) is 0 Å². The predicted octanol–water partition coefficient (Wildman–Crippen LogP) is 10.7. The number of anilines is 3. The molecule has 0 saturated heterocycles. The first-order valence-corrected chi connectivity index (χ1v) is 17.5. The number of hydrogen-bond acceptors (Lipinski definition) is 1. The minimum Gasteiger partial charge on any atom is -0.310 e. The van der Waals surface area contributed by atoms with E-state index in [0.717, 1.165) is 0 Å². The van der Waals surface area contributed by atoms with E-state index in [1.807, 2.05) is 0 Å². The van der Waals surface area contributed by atoms with E-state index in [2.05, 4.69) is 204 Å². The molecule has 0 amide bonds. The summed E-state index contributed by atoms with van der Waals surface area (Å²) in [7, 11) is 0. The van der Waals surface area contributed by atoms with Crippen LogP contribution < -0.4 is 10.2 Å². The summed E-state index contributed by atoms with van der Waals surface area (Å²) in [5.41, 5.74) is 17.3. The zero-order valence-electron chi connectivity index (χ0n) is 27.6. The number of para-hydroxylation sites is 3. The molecule has 0 radical (unpaired) electrons. The van der Waals surface area contributed by atoms with Crippen molar-refractivity contribution in [3.63, 3.8) is 0 Å². The highest BCUT2D eigenvalue weighted by atomic mass is 15.2. The van der Waals surface area contributed by atoms with Crippen LogP contribution in [0.3, 0.4) is 0 Å². The fraction of sp³-hybridized carbons (Fsp3) is 0.0417. The molecule has 0 aromatic heterocycles. The molecular formula is C48H35N2+. The Balaban J connectivity index is 1.13. The van der Waals surface area contributed by atoms with Crippen LogP contribution in [0, 0.1) is 0 Å². The van der Waals surface area contributed by atoms with Gasteiger partial charge in [-0.05, 0) is 98.6 Å². The zero-order chi connectivity index (χ0) is 33.1. The first-order chi connectivity index (χ1) is 24.8. The third-order valence-corrected chi connectivity index (χ3v) is 10.8. The second kappa shape index (κ2) is 11.4. The van der Waals surface area contributed by atoms with Gasteiger partial charge in [0, 0.05) is 16.8 Å². The Bertz CT molecular complexity index is 2430. The van der Waals surface area contributed by atoms with Crippen LogP contribution in [0.1, 0.15) is 39.4 Å². The Hall–Kier alpha value is -6.22. The summed E-state index contributed by atoms with van der Waals surface area (Å²) in [6.07, 6.45) is 6.85. The average molecular weight is 640 g/mol. The van der Waals surface area contributed by atoms with Crippen LogP contribution in [0.5, 0.6) is 0 Å². The van der Waals surface area contributed by atoms with Gasteiger partial charge in [-0.2, -0.15) is 0 Å². The van der Waals surface area contributed by atoms with Gasteiger partial charge in [0.2, 0.25) is 0 Å². The highest BCUT2D eigenvalue weighted by Crippen LogP contribution is 2.63. The van der Waals surface area contributed by atoms with Gasteiger partial charge in [-0.15, -0.1) is 0 Å². The van der Waals surface area contributed by atoms with Crippen LogP contribution in [-0.2, 0) is 5.41 Å². The summed E-state index contributed by atoms with van der Waals surface area (Å²) < 4.78 is 0. The summed E-state index contributed by atoms with van der Waals surface area (Å²) >= 11 is 0. The van der Waals surface area contributed by atoms with Crippen molar-refractivity contribution in [2.24, 2.45) is 0 Å². The number of nitrogens with zero attached hydrogens (tertiary/aromatic N) is 1. The average Bonchev–Trinajstić information content (AvgIpc) is 3.49. The van der Waals surface area contributed by atoms with Crippen LogP contribution in [0.15, 0.2) is 194 Å². The molecule has 50 heavy (non-hydrogen) atoms. The molecule has 10 rings (SSSR count). The van der Waals surface area contributed by atoms with Crippen molar-refractivity contribution in [3.8, 4) is 22.3 Å². The number of hydrogen-bond donors (Lipinski definition) is 1. The number of benzene rings is 7. The van der Waals surface area contributed by atoms with Crippen molar-refractivity contribution in [2.75, 3.05) is 4.90 Å².